The number of benzene rings is 1. The third kappa shape index (κ3) is 4.57. The molecule has 1 aromatic carbocycles. The van der Waals surface area contributed by atoms with E-state index in [0.29, 0.717) is 28.2 Å². The first-order valence-electron chi connectivity index (χ1n) is 7.47. The summed E-state index contributed by atoms with van der Waals surface area (Å²) >= 11 is 1.10. The maximum atomic E-state index is 12.2. The van der Waals surface area contributed by atoms with Gasteiger partial charge < -0.3 is 14.8 Å². The number of alkyl halides is 3. The molecule has 1 fully saturated rings. The lowest BCUT2D eigenvalue weighted by Gasteiger charge is -2.07. The van der Waals surface area contributed by atoms with Crippen LogP contribution >= 0.6 is 11.3 Å². The van der Waals surface area contributed by atoms with Crippen molar-refractivity contribution in [2.24, 2.45) is 0 Å². The fourth-order valence-corrected chi connectivity index (χ4v) is 3.41. The van der Waals surface area contributed by atoms with E-state index in [0.717, 1.165) is 30.8 Å². The Bertz CT molecular complexity index is 726. The number of anilines is 1. The van der Waals surface area contributed by atoms with Crippen LogP contribution in [0.1, 0.15) is 25.7 Å². The number of aromatic nitrogens is 1. The summed E-state index contributed by atoms with van der Waals surface area (Å²) in [6, 6.07) is 3.87. The van der Waals surface area contributed by atoms with E-state index < -0.39 is 6.36 Å². The number of nitrogens with one attached hydrogen (secondary N) is 1. The number of hydrogen-bond acceptors (Lipinski definition) is 5. The molecule has 0 spiro atoms. The molecule has 1 unspecified atom stereocenters. The number of carbonyl (C=O) groups excluding carboxylic acids is 1. The molecule has 0 radical (unpaired) electrons. The minimum absolute atomic E-state index is 0.133. The van der Waals surface area contributed by atoms with Gasteiger partial charge in [-0.3, -0.25) is 4.79 Å². The van der Waals surface area contributed by atoms with E-state index in [2.05, 4.69) is 15.0 Å². The number of thiazole rings is 1. The van der Waals surface area contributed by atoms with Gasteiger partial charge >= 0.3 is 6.36 Å². The molecule has 1 amide bonds. The van der Waals surface area contributed by atoms with E-state index in [1.807, 2.05) is 0 Å². The van der Waals surface area contributed by atoms with Crippen LogP contribution in [0.25, 0.3) is 10.2 Å². The highest BCUT2D eigenvalue weighted by Crippen LogP contribution is 2.31. The standard InChI is InChI=1S/C15H15F3N2O3S/c16-15(17,18)23-10-3-5-11-12(8-10)24-14(19-11)20-13(21)6-4-9-2-1-7-22-9/h3,5,8-9H,1-2,4,6-7H2,(H,19,20,21). The van der Waals surface area contributed by atoms with Gasteiger partial charge in [-0.15, -0.1) is 13.2 Å². The summed E-state index contributed by atoms with van der Waals surface area (Å²) in [4.78, 5) is 16.1. The van der Waals surface area contributed by atoms with Crippen LogP contribution in [-0.2, 0) is 9.53 Å². The van der Waals surface area contributed by atoms with Gasteiger partial charge in [0.1, 0.15) is 5.75 Å². The Hall–Kier alpha value is -1.87. The minimum atomic E-state index is -4.74. The van der Waals surface area contributed by atoms with E-state index in [1.54, 1.807) is 0 Å². The van der Waals surface area contributed by atoms with Gasteiger partial charge in [0.2, 0.25) is 5.91 Å². The molecule has 1 saturated heterocycles. The van der Waals surface area contributed by atoms with Crippen molar-refractivity contribution in [3.8, 4) is 5.75 Å². The van der Waals surface area contributed by atoms with Crippen LogP contribution in [0.3, 0.4) is 0 Å². The van der Waals surface area contributed by atoms with Crippen LogP contribution in [0.5, 0.6) is 5.75 Å². The quantitative estimate of drug-likeness (QED) is 0.872. The number of fused-ring (bicyclic) bond motifs is 1. The molecule has 0 bridgehead atoms. The Morgan fingerprint density at radius 3 is 3.00 bits per heavy atom. The second-order valence-electron chi connectivity index (χ2n) is 5.42. The Kier molecular flexibility index (Phi) is 4.91. The van der Waals surface area contributed by atoms with Gasteiger partial charge in [0, 0.05) is 19.1 Å². The zero-order valence-electron chi connectivity index (χ0n) is 12.6. The Morgan fingerprint density at radius 2 is 2.29 bits per heavy atom. The fourth-order valence-electron chi connectivity index (χ4n) is 2.50. The van der Waals surface area contributed by atoms with Crippen molar-refractivity contribution < 1.29 is 27.4 Å². The van der Waals surface area contributed by atoms with Gasteiger partial charge in [-0.25, -0.2) is 4.98 Å². The van der Waals surface area contributed by atoms with Gasteiger partial charge in [0.25, 0.3) is 0 Å². The summed E-state index contributed by atoms with van der Waals surface area (Å²) in [7, 11) is 0. The first-order chi connectivity index (χ1) is 11.4. The summed E-state index contributed by atoms with van der Waals surface area (Å²) in [5.74, 6) is -0.494. The van der Waals surface area contributed by atoms with Gasteiger partial charge in [0.15, 0.2) is 5.13 Å². The van der Waals surface area contributed by atoms with Crippen molar-refractivity contribution in [3.05, 3.63) is 18.2 Å². The molecular weight excluding hydrogens is 345 g/mol. The van der Waals surface area contributed by atoms with Gasteiger partial charge in [0.05, 0.1) is 16.3 Å². The second-order valence-corrected chi connectivity index (χ2v) is 6.45. The highest BCUT2D eigenvalue weighted by atomic mass is 32.1. The molecule has 2 aromatic rings. The average molecular weight is 360 g/mol. The number of hydrogen-bond donors (Lipinski definition) is 1. The fraction of sp³-hybridized carbons (Fsp3) is 0.467. The maximum Gasteiger partial charge on any atom is 0.573 e. The number of nitrogens with zero attached hydrogens (tertiary/aromatic N) is 1. The number of rotatable bonds is 5. The van der Waals surface area contributed by atoms with E-state index in [-0.39, 0.29) is 17.8 Å². The lowest BCUT2D eigenvalue weighted by atomic mass is 10.1. The normalized spacial score (nSPS) is 18.0. The van der Waals surface area contributed by atoms with Crippen molar-refractivity contribution in [1.82, 2.24) is 4.98 Å². The molecular formula is C15H15F3N2O3S. The molecule has 9 heteroatoms. The smallest absolute Gasteiger partial charge is 0.406 e. The number of ether oxygens (including phenoxy) is 2. The van der Waals surface area contributed by atoms with Crippen LogP contribution in [0.4, 0.5) is 18.3 Å². The van der Waals surface area contributed by atoms with Crippen molar-refractivity contribution in [2.45, 2.75) is 38.1 Å². The van der Waals surface area contributed by atoms with Gasteiger partial charge in [-0.2, -0.15) is 0 Å². The van der Waals surface area contributed by atoms with Gasteiger partial charge in [-0.05, 0) is 31.4 Å². The highest BCUT2D eigenvalue weighted by molar-refractivity contribution is 7.22. The molecule has 2 heterocycles. The van der Waals surface area contributed by atoms with E-state index in [1.165, 1.54) is 18.2 Å². The minimum Gasteiger partial charge on any atom is -0.406 e. The number of halogens is 3. The SMILES string of the molecule is O=C(CCC1CCCO1)Nc1nc2ccc(OC(F)(F)F)cc2s1. The molecule has 0 aliphatic carbocycles. The second kappa shape index (κ2) is 6.94. The maximum absolute atomic E-state index is 12.2. The van der Waals surface area contributed by atoms with Crippen molar-refractivity contribution in [3.63, 3.8) is 0 Å². The molecule has 1 N–H and O–H groups in total. The summed E-state index contributed by atoms with van der Waals surface area (Å²) < 4.78 is 46.5. The van der Waals surface area contributed by atoms with Crippen molar-refractivity contribution in [1.29, 1.82) is 0 Å². The predicted octanol–water partition coefficient (Wildman–Crippen LogP) is 4.09. The molecule has 0 saturated carbocycles. The monoisotopic (exact) mass is 360 g/mol. The Balaban J connectivity index is 1.61. The molecule has 5 nitrogen and oxygen atoms in total. The first-order valence-corrected chi connectivity index (χ1v) is 8.28. The van der Waals surface area contributed by atoms with E-state index in [9.17, 15) is 18.0 Å². The number of carbonyl (C=O) groups is 1. The lowest BCUT2D eigenvalue weighted by Crippen LogP contribution is -2.16. The van der Waals surface area contributed by atoms with E-state index in [4.69, 9.17) is 4.74 Å². The largest absolute Gasteiger partial charge is 0.573 e. The summed E-state index contributed by atoms with van der Waals surface area (Å²) in [5.41, 5.74) is 0.504. The van der Waals surface area contributed by atoms with Gasteiger partial charge in [-0.1, -0.05) is 11.3 Å². The number of amides is 1. The van der Waals surface area contributed by atoms with Crippen LogP contribution in [0.15, 0.2) is 18.2 Å². The molecule has 24 heavy (non-hydrogen) atoms. The van der Waals surface area contributed by atoms with Crippen molar-refractivity contribution in [2.75, 3.05) is 11.9 Å². The third-order valence-corrected chi connectivity index (χ3v) is 4.49. The van der Waals surface area contributed by atoms with Crippen LogP contribution in [0.2, 0.25) is 0 Å². The lowest BCUT2D eigenvalue weighted by molar-refractivity contribution is -0.274. The molecule has 1 aliphatic heterocycles. The first kappa shape index (κ1) is 17.0. The average Bonchev–Trinajstić information content (AvgIpc) is 3.11. The van der Waals surface area contributed by atoms with Crippen LogP contribution in [-0.4, -0.2) is 30.0 Å². The molecule has 3 rings (SSSR count). The Morgan fingerprint density at radius 1 is 1.46 bits per heavy atom. The molecule has 130 valence electrons. The summed E-state index contributed by atoms with van der Waals surface area (Å²) in [6.07, 6.45) is -1.64. The molecule has 1 aliphatic rings. The zero-order chi connectivity index (χ0) is 17.2. The Labute approximate surface area is 139 Å². The highest BCUT2D eigenvalue weighted by Gasteiger charge is 2.31. The molecule has 1 aromatic heterocycles. The van der Waals surface area contributed by atoms with E-state index >= 15 is 0 Å². The van der Waals surface area contributed by atoms with Crippen molar-refractivity contribution >= 4 is 32.6 Å². The van der Waals surface area contributed by atoms with Crippen LogP contribution in [0, 0.1) is 0 Å². The molecule has 1 atom stereocenters. The predicted molar refractivity (Wildman–Crippen MR) is 83.1 cm³/mol. The van der Waals surface area contributed by atoms with Crippen LogP contribution < -0.4 is 10.1 Å². The topological polar surface area (TPSA) is 60.5 Å². The summed E-state index contributed by atoms with van der Waals surface area (Å²) in [5, 5.41) is 3.03. The third-order valence-electron chi connectivity index (χ3n) is 3.56. The summed E-state index contributed by atoms with van der Waals surface area (Å²) in [6.45, 7) is 0.743. The zero-order valence-corrected chi connectivity index (χ0v) is 13.4.